The van der Waals surface area contributed by atoms with E-state index in [4.69, 9.17) is 5.73 Å². The smallest absolute Gasteiger partial charge is 0.263 e. The van der Waals surface area contributed by atoms with Crippen molar-refractivity contribution in [1.82, 2.24) is 4.98 Å². The number of hydrogen-bond donors (Lipinski definition) is 1. The summed E-state index contributed by atoms with van der Waals surface area (Å²) in [5, 5.41) is 0. The molecule has 0 saturated carbocycles. The average molecular weight is 266 g/mol. The molecule has 0 spiro atoms. The second kappa shape index (κ2) is 5.09. The molecule has 0 aliphatic heterocycles. The van der Waals surface area contributed by atoms with Gasteiger partial charge >= 0.3 is 0 Å². The van der Waals surface area contributed by atoms with Crippen LogP contribution >= 0.6 is 0 Å². The zero-order valence-corrected chi connectivity index (χ0v) is 9.61. The molecule has 1 amide bonds. The van der Waals surface area contributed by atoms with Crippen LogP contribution in [0.25, 0.3) is 11.3 Å². The van der Waals surface area contributed by atoms with Gasteiger partial charge in [0.25, 0.3) is 6.43 Å². The molecular formula is C13H9F3N2O. The lowest BCUT2D eigenvalue weighted by molar-refractivity contribution is 0.100. The molecule has 0 bridgehead atoms. The van der Waals surface area contributed by atoms with Crippen molar-refractivity contribution in [3.05, 3.63) is 53.5 Å². The van der Waals surface area contributed by atoms with Crippen LogP contribution in [0.5, 0.6) is 0 Å². The van der Waals surface area contributed by atoms with Crippen molar-refractivity contribution in [2.75, 3.05) is 0 Å². The number of nitrogens with two attached hydrogens (primary N) is 1. The van der Waals surface area contributed by atoms with E-state index in [1.165, 1.54) is 12.1 Å². The molecule has 0 unspecified atom stereocenters. The van der Waals surface area contributed by atoms with Gasteiger partial charge in [-0.25, -0.2) is 13.2 Å². The summed E-state index contributed by atoms with van der Waals surface area (Å²) >= 11 is 0. The average Bonchev–Trinajstić information content (AvgIpc) is 2.38. The van der Waals surface area contributed by atoms with Gasteiger partial charge in [-0.05, 0) is 24.3 Å². The van der Waals surface area contributed by atoms with Gasteiger partial charge in [-0.15, -0.1) is 0 Å². The second-order valence-electron chi connectivity index (χ2n) is 3.80. The van der Waals surface area contributed by atoms with Gasteiger partial charge in [0.2, 0.25) is 5.91 Å². The maximum absolute atomic E-state index is 13.8. The molecule has 0 aliphatic rings. The number of carbonyl (C=O) groups is 1. The SMILES string of the molecule is NC(=O)c1cccc(F)c1-c1cc(C(F)F)ccn1. The molecule has 1 aromatic heterocycles. The molecule has 1 heterocycles. The summed E-state index contributed by atoms with van der Waals surface area (Å²) in [6.45, 7) is 0. The highest BCUT2D eigenvalue weighted by Gasteiger charge is 2.17. The van der Waals surface area contributed by atoms with Gasteiger partial charge in [0.05, 0.1) is 11.3 Å². The van der Waals surface area contributed by atoms with Crippen molar-refractivity contribution in [2.24, 2.45) is 5.73 Å². The molecule has 1 aromatic carbocycles. The Morgan fingerprint density at radius 1 is 1.26 bits per heavy atom. The van der Waals surface area contributed by atoms with Crippen molar-refractivity contribution >= 4 is 5.91 Å². The lowest BCUT2D eigenvalue weighted by Gasteiger charge is -2.08. The second-order valence-corrected chi connectivity index (χ2v) is 3.80. The van der Waals surface area contributed by atoms with Gasteiger partial charge in [0, 0.05) is 17.3 Å². The van der Waals surface area contributed by atoms with E-state index >= 15 is 0 Å². The first-order valence-electron chi connectivity index (χ1n) is 5.33. The molecule has 2 rings (SSSR count). The summed E-state index contributed by atoms with van der Waals surface area (Å²) in [5.41, 5.74) is 4.52. The van der Waals surface area contributed by atoms with Crippen LogP contribution in [0.3, 0.4) is 0 Å². The number of carbonyl (C=O) groups excluding carboxylic acids is 1. The van der Waals surface area contributed by atoms with Crippen LogP contribution in [0.15, 0.2) is 36.5 Å². The van der Waals surface area contributed by atoms with E-state index in [1.54, 1.807) is 0 Å². The lowest BCUT2D eigenvalue weighted by atomic mass is 10.0. The monoisotopic (exact) mass is 266 g/mol. The Labute approximate surface area is 106 Å². The molecule has 0 radical (unpaired) electrons. The van der Waals surface area contributed by atoms with Crippen LogP contribution in [0.1, 0.15) is 22.3 Å². The Morgan fingerprint density at radius 3 is 2.63 bits per heavy atom. The first-order chi connectivity index (χ1) is 9.00. The Balaban J connectivity index is 2.64. The fourth-order valence-electron chi connectivity index (χ4n) is 1.71. The normalized spacial score (nSPS) is 10.7. The molecular weight excluding hydrogens is 257 g/mol. The standard InChI is InChI=1S/C13H9F3N2O/c14-9-3-1-2-8(13(17)19)11(9)10-6-7(12(15)16)4-5-18-10/h1-6,12H,(H2,17,19). The molecule has 2 aromatic rings. The number of pyridine rings is 1. The van der Waals surface area contributed by atoms with Gasteiger partial charge in [-0.3, -0.25) is 9.78 Å². The Morgan fingerprint density at radius 2 is 2.00 bits per heavy atom. The zero-order chi connectivity index (χ0) is 14.0. The minimum atomic E-state index is -2.70. The van der Waals surface area contributed by atoms with E-state index in [0.29, 0.717) is 0 Å². The first-order valence-corrected chi connectivity index (χ1v) is 5.33. The van der Waals surface area contributed by atoms with E-state index in [9.17, 15) is 18.0 Å². The third-order valence-electron chi connectivity index (χ3n) is 2.57. The number of primary amides is 1. The highest BCUT2D eigenvalue weighted by molar-refractivity contribution is 5.99. The Kier molecular flexibility index (Phi) is 3.50. The topological polar surface area (TPSA) is 56.0 Å². The molecule has 0 fully saturated rings. The number of aromatic nitrogens is 1. The minimum Gasteiger partial charge on any atom is -0.366 e. The first kappa shape index (κ1) is 13.1. The number of halogens is 3. The summed E-state index contributed by atoms with van der Waals surface area (Å²) < 4.78 is 39.0. The van der Waals surface area contributed by atoms with Crippen molar-refractivity contribution in [3.8, 4) is 11.3 Å². The number of alkyl halides is 2. The summed E-state index contributed by atoms with van der Waals surface area (Å²) in [6.07, 6.45) is -1.57. The number of benzene rings is 1. The number of rotatable bonds is 3. The van der Waals surface area contributed by atoms with Crippen molar-refractivity contribution in [1.29, 1.82) is 0 Å². The molecule has 6 heteroatoms. The highest BCUT2D eigenvalue weighted by Crippen LogP contribution is 2.28. The highest BCUT2D eigenvalue weighted by atomic mass is 19.3. The zero-order valence-electron chi connectivity index (χ0n) is 9.61. The number of amides is 1. The third kappa shape index (κ3) is 2.57. The van der Waals surface area contributed by atoms with E-state index in [2.05, 4.69) is 4.98 Å². The van der Waals surface area contributed by atoms with Gasteiger partial charge in [-0.1, -0.05) is 6.07 Å². The summed E-state index contributed by atoms with van der Waals surface area (Å²) in [6, 6.07) is 5.90. The van der Waals surface area contributed by atoms with E-state index in [0.717, 1.165) is 24.4 Å². The van der Waals surface area contributed by atoms with Crippen molar-refractivity contribution in [2.45, 2.75) is 6.43 Å². The third-order valence-corrected chi connectivity index (χ3v) is 2.57. The van der Waals surface area contributed by atoms with Gasteiger partial charge in [0.1, 0.15) is 5.82 Å². The lowest BCUT2D eigenvalue weighted by Crippen LogP contribution is -2.13. The van der Waals surface area contributed by atoms with Crippen LogP contribution in [0.4, 0.5) is 13.2 Å². The van der Waals surface area contributed by atoms with Crippen LogP contribution in [-0.2, 0) is 0 Å². The largest absolute Gasteiger partial charge is 0.366 e. The van der Waals surface area contributed by atoms with Crippen molar-refractivity contribution in [3.63, 3.8) is 0 Å². The molecule has 0 aliphatic carbocycles. The Hall–Kier alpha value is -2.37. The Bertz CT molecular complexity index is 629. The van der Waals surface area contributed by atoms with Gasteiger partial charge in [0.15, 0.2) is 0 Å². The predicted octanol–water partition coefficient (Wildman–Crippen LogP) is 2.92. The maximum atomic E-state index is 13.8. The fourth-order valence-corrected chi connectivity index (χ4v) is 1.71. The quantitative estimate of drug-likeness (QED) is 0.928. The van der Waals surface area contributed by atoms with Gasteiger partial charge < -0.3 is 5.73 Å². The molecule has 2 N–H and O–H groups in total. The molecule has 19 heavy (non-hydrogen) atoms. The molecule has 3 nitrogen and oxygen atoms in total. The molecule has 98 valence electrons. The van der Waals surface area contributed by atoms with E-state index in [1.807, 2.05) is 0 Å². The fraction of sp³-hybridized carbons (Fsp3) is 0.0769. The van der Waals surface area contributed by atoms with E-state index < -0.39 is 18.1 Å². The minimum absolute atomic E-state index is 0.0512. The van der Waals surface area contributed by atoms with Crippen LogP contribution in [0, 0.1) is 5.82 Å². The van der Waals surface area contributed by atoms with Crippen LogP contribution in [0.2, 0.25) is 0 Å². The molecule has 0 saturated heterocycles. The van der Waals surface area contributed by atoms with Crippen molar-refractivity contribution < 1.29 is 18.0 Å². The predicted molar refractivity (Wildman–Crippen MR) is 63.1 cm³/mol. The van der Waals surface area contributed by atoms with Crippen LogP contribution in [-0.4, -0.2) is 10.9 Å². The maximum Gasteiger partial charge on any atom is 0.263 e. The summed E-state index contributed by atoms with van der Waals surface area (Å²) in [4.78, 5) is 15.1. The summed E-state index contributed by atoms with van der Waals surface area (Å²) in [5.74, 6) is -1.59. The van der Waals surface area contributed by atoms with E-state index in [-0.39, 0.29) is 22.4 Å². The molecule has 0 atom stereocenters. The summed E-state index contributed by atoms with van der Waals surface area (Å²) in [7, 11) is 0. The number of hydrogen-bond acceptors (Lipinski definition) is 2. The van der Waals surface area contributed by atoms with Crippen LogP contribution < -0.4 is 5.73 Å². The number of nitrogens with zero attached hydrogens (tertiary/aromatic N) is 1. The van der Waals surface area contributed by atoms with Gasteiger partial charge in [-0.2, -0.15) is 0 Å².